The summed E-state index contributed by atoms with van der Waals surface area (Å²) >= 11 is 0. The lowest BCUT2D eigenvalue weighted by molar-refractivity contribution is 0.253. The number of carbonyl (C=O) groups is 1. The third kappa shape index (κ3) is 1.60. The molecule has 2 N–H and O–H groups in total. The Bertz CT molecular complexity index is 431. The highest BCUT2D eigenvalue weighted by Crippen LogP contribution is 1.98. The Balaban J connectivity index is 2.09. The molecule has 0 atom stereocenters. The van der Waals surface area contributed by atoms with Crippen LogP contribution in [0, 0.1) is 6.92 Å². The molecule has 1 amide bonds. The van der Waals surface area contributed by atoms with Crippen LogP contribution in [0.4, 0.5) is 10.7 Å². The quantitative estimate of drug-likeness (QED) is 0.684. The number of H-pyrrole nitrogens is 1. The molecule has 2 rings (SSSR count). The summed E-state index contributed by atoms with van der Waals surface area (Å²) in [5, 5.41) is 8.88. The molecule has 0 aliphatic rings. The Labute approximate surface area is 79.2 Å². The van der Waals surface area contributed by atoms with Gasteiger partial charge in [0.15, 0.2) is 0 Å². The van der Waals surface area contributed by atoms with E-state index in [0.717, 1.165) is 0 Å². The van der Waals surface area contributed by atoms with Crippen LogP contribution in [0.5, 0.6) is 0 Å². The molecule has 0 aliphatic heterocycles. The largest absolute Gasteiger partial charge is 0.333 e. The predicted octanol–water partition coefficient (Wildman–Crippen LogP) is 0.390. The number of rotatable bonds is 1. The van der Waals surface area contributed by atoms with Gasteiger partial charge in [0.05, 0.1) is 0 Å². The second kappa shape index (κ2) is 3.29. The first-order valence-corrected chi connectivity index (χ1v) is 3.94. The summed E-state index contributed by atoms with van der Waals surface area (Å²) in [5.41, 5.74) is 0. The van der Waals surface area contributed by atoms with Crippen molar-refractivity contribution in [2.45, 2.75) is 6.92 Å². The number of hydrogen-bond acceptors (Lipinski definition) is 4. The van der Waals surface area contributed by atoms with Gasteiger partial charge in [0.2, 0.25) is 5.95 Å². The minimum Gasteiger partial charge on any atom is -0.274 e. The number of amides is 1. The summed E-state index contributed by atoms with van der Waals surface area (Å²) < 4.78 is 1.30. The first-order valence-electron chi connectivity index (χ1n) is 3.94. The molecule has 0 radical (unpaired) electrons. The molecule has 2 aromatic rings. The van der Waals surface area contributed by atoms with Crippen LogP contribution in [0.1, 0.15) is 5.82 Å². The van der Waals surface area contributed by atoms with Crippen molar-refractivity contribution in [2.75, 3.05) is 5.32 Å². The summed E-state index contributed by atoms with van der Waals surface area (Å²) in [4.78, 5) is 19.1. The maximum Gasteiger partial charge on any atom is 0.333 e. The number of aromatic amines is 1. The minimum atomic E-state index is -0.346. The zero-order valence-corrected chi connectivity index (χ0v) is 7.43. The summed E-state index contributed by atoms with van der Waals surface area (Å²) in [6.07, 6.45) is 4.45. The number of nitrogens with one attached hydrogen (secondary N) is 2. The van der Waals surface area contributed by atoms with E-state index in [2.05, 4.69) is 25.5 Å². The van der Waals surface area contributed by atoms with Crippen LogP contribution in [-0.4, -0.2) is 30.8 Å². The first kappa shape index (κ1) is 8.42. The molecular formula is C7H8N6O. The first-order chi connectivity index (χ1) is 6.75. The summed E-state index contributed by atoms with van der Waals surface area (Å²) in [6, 6.07) is -0.346. The van der Waals surface area contributed by atoms with Gasteiger partial charge < -0.3 is 0 Å². The molecule has 0 unspecified atom stereocenters. The Hall–Kier alpha value is -2.18. The van der Waals surface area contributed by atoms with Gasteiger partial charge in [0, 0.05) is 12.4 Å². The molecule has 2 heterocycles. The van der Waals surface area contributed by atoms with Crippen LogP contribution in [0.3, 0.4) is 0 Å². The van der Waals surface area contributed by atoms with Gasteiger partial charge >= 0.3 is 6.03 Å². The summed E-state index contributed by atoms with van der Waals surface area (Å²) in [5.74, 6) is 0.895. The van der Waals surface area contributed by atoms with Crippen LogP contribution in [0.15, 0.2) is 18.7 Å². The predicted molar refractivity (Wildman–Crippen MR) is 47.8 cm³/mol. The molecular weight excluding hydrogens is 184 g/mol. The number of aromatic nitrogens is 5. The topological polar surface area (TPSA) is 88.5 Å². The standard InChI is InChI=1S/C7H8N6O/c1-5-9-6(12-11-5)10-7(14)13-3-2-8-4-13/h2-4H,1H3,(H2,9,10,11,12,14). The molecule has 14 heavy (non-hydrogen) atoms. The van der Waals surface area contributed by atoms with E-state index in [1.807, 2.05) is 0 Å². The van der Waals surface area contributed by atoms with E-state index in [4.69, 9.17) is 0 Å². The van der Waals surface area contributed by atoms with Crippen molar-refractivity contribution in [2.24, 2.45) is 0 Å². The summed E-state index contributed by atoms with van der Waals surface area (Å²) in [7, 11) is 0. The Morgan fingerprint density at radius 3 is 3.07 bits per heavy atom. The minimum absolute atomic E-state index is 0.251. The van der Waals surface area contributed by atoms with E-state index in [9.17, 15) is 4.79 Å². The highest BCUT2D eigenvalue weighted by atomic mass is 16.2. The highest BCUT2D eigenvalue weighted by molar-refractivity contribution is 5.88. The third-order valence-electron chi connectivity index (χ3n) is 1.55. The highest BCUT2D eigenvalue weighted by Gasteiger charge is 2.06. The third-order valence-corrected chi connectivity index (χ3v) is 1.55. The number of anilines is 1. The van der Waals surface area contributed by atoms with Gasteiger partial charge in [0.25, 0.3) is 0 Å². The van der Waals surface area contributed by atoms with Crippen molar-refractivity contribution < 1.29 is 4.79 Å². The van der Waals surface area contributed by atoms with Crippen molar-refractivity contribution in [1.29, 1.82) is 0 Å². The van der Waals surface area contributed by atoms with Gasteiger partial charge in [-0.05, 0) is 6.92 Å². The van der Waals surface area contributed by atoms with Gasteiger partial charge in [-0.1, -0.05) is 0 Å². The van der Waals surface area contributed by atoms with Gasteiger partial charge in [-0.15, -0.1) is 5.10 Å². The zero-order valence-electron chi connectivity index (χ0n) is 7.43. The van der Waals surface area contributed by atoms with Gasteiger partial charge in [-0.3, -0.25) is 15.0 Å². The molecule has 0 saturated heterocycles. The van der Waals surface area contributed by atoms with E-state index in [1.165, 1.54) is 23.3 Å². The van der Waals surface area contributed by atoms with Crippen molar-refractivity contribution in [3.63, 3.8) is 0 Å². The number of nitrogens with zero attached hydrogens (tertiary/aromatic N) is 4. The van der Waals surface area contributed by atoms with Crippen LogP contribution in [-0.2, 0) is 0 Å². The molecule has 0 bridgehead atoms. The van der Waals surface area contributed by atoms with Gasteiger partial charge in [-0.25, -0.2) is 9.78 Å². The molecule has 0 fully saturated rings. The lowest BCUT2D eigenvalue weighted by Crippen LogP contribution is -2.18. The van der Waals surface area contributed by atoms with E-state index in [1.54, 1.807) is 6.92 Å². The fourth-order valence-corrected chi connectivity index (χ4v) is 0.938. The molecule has 0 spiro atoms. The van der Waals surface area contributed by atoms with Gasteiger partial charge in [-0.2, -0.15) is 4.98 Å². The second-order valence-electron chi connectivity index (χ2n) is 2.64. The molecule has 7 nitrogen and oxygen atoms in total. The fourth-order valence-electron chi connectivity index (χ4n) is 0.938. The van der Waals surface area contributed by atoms with Crippen LogP contribution < -0.4 is 5.32 Å². The fraction of sp³-hybridized carbons (Fsp3) is 0.143. The smallest absolute Gasteiger partial charge is 0.274 e. The molecule has 7 heteroatoms. The lowest BCUT2D eigenvalue weighted by atomic mass is 10.7. The maximum absolute atomic E-state index is 11.4. The molecule has 0 aromatic carbocycles. The monoisotopic (exact) mass is 192 g/mol. The van der Waals surface area contributed by atoms with Crippen LogP contribution in [0.2, 0.25) is 0 Å². The number of imidazole rings is 1. The van der Waals surface area contributed by atoms with Crippen LogP contribution in [0.25, 0.3) is 0 Å². The van der Waals surface area contributed by atoms with Crippen molar-refractivity contribution in [3.05, 3.63) is 24.5 Å². The average Bonchev–Trinajstić information content (AvgIpc) is 2.75. The van der Waals surface area contributed by atoms with Crippen molar-refractivity contribution in [3.8, 4) is 0 Å². The zero-order chi connectivity index (χ0) is 9.97. The summed E-state index contributed by atoms with van der Waals surface area (Å²) in [6.45, 7) is 1.75. The normalized spacial score (nSPS) is 10.1. The lowest BCUT2D eigenvalue weighted by Gasteiger charge is -1.98. The van der Waals surface area contributed by atoms with E-state index >= 15 is 0 Å². The molecule has 72 valence electrons. The van der Waals surface area contributed by atoms with E-state index < -0.39 is 0 Å². The molecule has 0 saturated carbocycles. The second-order valence-corrected chi connectivity index (χ2v) is 2.64. The van der Waals surface area contributed by atoms with E-state index in [-0.39, 0.29) is 12.0 Å². The Kier molecular flexibility index (Phi) is 1.98. The maximum atomic E-state index is 11.4. The molecule has 0 aliphatic carbocycles. The SMILES string of the molecule is Cc1nc(NC(=O)n2ccnc2)n[nH]1. The Morgan fingerprint density at radius 2 is 2.50 bits per heavy atom. The Morgan fingerprint density at radius 1 is 1.64 bits per heavy atom. The number of hydrogen-bond donors (Lipinski definition) is 2. The van der Waals surface area contributed by atoms with Crippen molar-refractivity contribution in [1.82, 2.24) is 24.7 Å². The molecule has 2 aromatic heterocycles. The average molecular weight is 192 g/mol. The van der Waals surface area contributed by atoms with Crippen LogP contribution >= 0.6 is 0 Å². The van der Waals surface area contributed by atoms with Gasteiger partial charge in [0.1, 0.15) is 12.2 Å². The number of carbonyl (C=O) groups excluding carboxylic acids is 1. The van der Waals surface area contributed by atoms with Crippen molar-refractivity contribution >= 4 is 12.0 Å². The number of aryl methyl sites for hydroxylation is 1. The van der Waals surface area contributed by atoms with E-state index in [0.29, 0.717) is 5.82 Å².